The maximum absolute atomic E-state index is 12.8. The van der Waals surface area contributed by atoms with Crippen molar-refractivity contribution in [1.82, 2.24) is 9.97 Å². The van der Waals surface area contributed by atoms with Crippen LogP contribution in [0.3, 0.4) is 0 Å². The second kappa shape index (κ2) is 8.18. The van der Waals surface area contributed by atoms with Crippen LogP contribution in [0.1, 0.15) is 31.3 Å². The first-order valence-corrected chi connectivity index (χ1v) is 6.32. The molecule has 0 aliphatic rings. The molecule has 0 aliphatic carbocycles. The third kappa shape index (κ3) is 5.29. The van der Waals surface area contributed by atoms with Crippen molar-refractivity contribution in [2.75, 3.05) is 0 Å². The van der Waals surface area contributed by atoms with E-state index in [1.54, 1.807) is 6.92 Å². The molecule has 9 heteroatoms. The Balaban J connectivity index is 0.000000231. The zero-order valence-electron chi connectivity index (χ0n) is 12.3. The summed E-state index contributed by atoms with van der Waals surface area (Å²) < 4.78 is 50.1. The molecule has 0 aromatic carbocycles. The van der Waals surface area contributed by atoms with Crippen LogP contribution in [0.15, 0.2) is 29.7 Å². The zero-order valence-corrected chi connectivity index (χ0v) is 12.3. The Bertz CT molecular complexity index is 707. The van der Waals surface area contributed by atoms with E-state index in [0.717, 1.165) is 18.5 Å². The van der Waals surface area contributed by atoms with Crippen molar-refractivity contribution >= 4 is 5.71 Å². The van der Waals surface area contributed by atoms with E-state index in [1.807, 2.05) is 0 Å². The molecule has 2 rings (SSSR count). The first-order valence-electron chi connectivity index (χ1n) is 6.32. The topological polar surface area (TPSA) is 84.4 Å². The van der Waals surface area contributed by atoms with Gasteiger partial charge in [-0.25, -0.2) is 22.5 Å². The van der Waals surface area contributed by atoms with Gasteiger partial charge >= 0.3 is 0 Å². The number of hydrogen-bond donors (Lipinski definition) is 2. The first-order chi connectivity index (χ1) is 10.8. The van der Waals surface area contributed by atoms with Gasteiger partial charge in [-0.3, -0.25) is 4.98 Å². The third-order valence-corrected chi connectivity index (χ3v) is 2.57. The van der Waals surface area contributed by atoms with Crippen molar-refractivity contribution in [3.63, 3.8) is 0 Å². The molecule has 0 fully saturated rings. The van der Waals surface area contributed by atoms with E-state index in [2.05, 4.69) is 15.1 Å². The maximum atomic E-state index is 12.8. The Morgan fingerprint density at radius 1 is 1.09 bits per heavy atom. The van der Waals surface area contributed by atoms with Gasteiger partial charge in [0.2, 0.25) is 0 Å². The van der Waals surface area contributed by atoms with Gasteiger partial charge < -0.3 is 10.9 Å². The third-order valence-electron chi connectivity index (χ3n) is 2.57. The Kier molecular flexibility index (Phi) is 6.58. The van der Waals surface area contributed by atoms with E-state index >= 15 is 0 Å². The first kappa shape index (κ1) is 18.5. The van der Waals surface area contributed by atoms with Crippen molar-refractivity contribution in [2.24, 2.45) is 10.9 Å². The molecule has 0 radical (unpaired) electrons. The van der Waals surface area contributed by atoms with Gasteiger partial charge in [0.25, 0.3) is 0 Å². The lowest BCUT2D eigenvalue weighted by atomic mass is 10.2. The van der Waals surface area contributed by atoms with Gasteiger partial charge in [-0.05, 0) is 13.8 Å². The van der Waals surface area contributed by atoms with Crippen LogP contribution >= 0.6 is 0 Å². The number of rotatable bonds is 2. The molecule has 1 atom stereocenters. The molecule has 0 saturated heterocycles. The van der Waals surface area contributed by atoms with Crippen LogP contribution in [0.25, 0.3) is 0 Å². The van der Waals surface area contributed by atoms with E-state index in [4.69, 9.17) is 10.9 Å². The molecule has 1 unspecified atom stereocenters. The number of halogens is 4. The molecule has 124 valence electrons. The monoisotopic (exact) mass is 330 g/mol. The van der Waals surface area contributed by atoms with Crippen molar-refractivity contribution in [2.45, 2.75) is 19.9 Å². The SMILES string of the molecule is C/C(=N\O)c1ncc(F)cc1F.CC(N)c1ncc(F)cc1F. The smallest absolute Gasteiger partial charge is 0.153 e. The normalized spacial score (nSPS) is 12.4. The predicted octanol–water partition coefficient (Wildman–Crippen LogP) is 2.94. The summed E-state index contributed by atoms with van der Waals surface area (Å²) in [4.78, 5) is 6.91. The van der Waals surface area contributed by atoms with Crippen molar-refractivity contribution < 1.29 is 22.8 Å². The lowest BCUT2D eigenvalue weighted by Gasteiger charge is -2.04. The van der Waals surface area contributed by atoms with Crippen LogP contribution in [0.5, 0.6) is 0 Å². The number of hydrogen-bond acceptors (Lipinski definition) is 5. The Labute approximate surface area is 129 Å². The summed E-state index contributed by atoms with van der Waals surface area (Å²) >= 11 is 0. The van der Waals surface area contributed by atoms with Crippen LogP contribution in [0, 0.1) is 23.3 Å². The van der Waals surface area contributed by atoms with E-state index in [0.29, 0.717) is 6.07 Å². The average molecular weight is 330 g/mol. The van der Waals surface area contributed by atoms with Crippen molar-refractivity contribution in [1.29, 1.82) is 0 Å². The number of nitrogens with zero attached hydrogens (tertiary/aromatic N) is 3. The van der Waals surface area contributed by atoms with Gasteiger partial charge in [-0.2, -0.15) is 0 Å². The minimum Gasteiger partial charge on any atom is -0.411 e. The summed E-state index contributed by atoms with van der Waals surface area (Å²) in [6.07, 6.45) is 1.80. The fourth-order valence-electron chi connectivity index (χ4n) is 1.49. The molecule has 2 aromatic heterocycles. The van der Waals surface area contributed by atoms with Crippen LogP contribution < -0.4 is 5.73 Å². The minimum atomic E-state index is -0.842. The molecule has 0 bridgehead atoms. The Hall–Kier alpha value is -2.55. The lowest BCUT2D eigenvalue weighted by Crippen LogP contribution is -2.09. The average Bonchev–Trinajstić information content (AvgIpc) is 2.46. The molecular weight excluding hydrogens is 316 g/mol. The molecule has 2 heterocycles. The zero-order chi connectivity index (χ0) is 17.6. The quantitative estimate of drug-likeness (QED) is 0.384. The summed E-state index contributed by atoms with van der Waals surface area (Å²) in [7, 11) is 0. The van der Waals surface area contributed by atoms with E-state index in [9.17, 15) is 17.6 Å². The Morgan fingerprint density at radius 3 is 2.04 bits per heavy atom. The van der Waals surface area contributed by atoms with Crippen LogP contribution in [0.4, 0.5) is 17.6 Å². The fraction of sp³-hybridized carbons (Fsp3) is 0.214. The van der Waals surface area contributed by atoms with Crippen LogP contribution in [0.2, 0.25) is 0 Å². The molecule has 5 nitrogen and oxygen atoms in total. The molecule has 0 aliphatic heterocycles. The molecule has 0 amide bonds. The largest absolute Gasteiger partial charge is 0.411 e. The van der Waals surface area contributed by atoms with Gasteiger partial charge in [0.15, 0.2) is 5.82 Å². The van der Waals surface area contributed by atoms with Crippen LogP contribution in [-0.2, 0) is 0 Å². The van der Waals surface area contributed by atoms with E-state index < -0.39 is 29.3 Å². The molecule has 0 saturated carbocycles. The minimum absolute atomic E-state index is 0.00694. The molecular formula is C14H14F4N4O. The molecule has 2 aromatic rings. The highest BCUT2D eigenvalue weighted by Crippen LogP contribution is 2.11. The van der Waals surface area contributed by atoms with Gasteiger partial charge in [0, 0.05) is 18.2 Å². The van der Waals surface area contributed by atoms with Gasteiger partial charge in [-0.15, -0.1) is 0 Å². The predicted molar refractivity (Wildman–Crippen MR) is 74.9 cm³/mol. The second-order valence-electron chi connectivity index (χ2n) is 4.48. The highest BCUT2D eigenvalue weighted by molar-refractivity contribution is 5.96. The molecule has 23 heavy (non-hydrogen) atoms. The summed E-state index contributed by atoms with van der Waals surface area (Å²) in [6.45, 7) is 2.95. The number of oxime groups is 1. The number of aromatic nitrogens is 2. The summed E-state index contributed by atoms with van der Waals surface area (Å²) in [5.41, 5.74) is 5.28. The fourth-order valence-corrected chi connectivity index (χ4v) is 1.49. The van der Waals surface area contributed by atoms with Crippen LogP contribution in [-0.4, -0.2) is 20.9 Å². The lowest BCUT2D eigenvalue weighted by molar-refractivity contribution is 0.318. The van der Waals surface area contributed by atoms with Gasteiger partial charge in [0.1, 0.15) is 28.9 Å². The van der Waals surface area contributed by atoms with Gasteiger partial charge in [-0.1, -0.05) is 5.16 Å². The molecule has 0 spiro atoms. The van der Waals surface area contributed by atoms with E-state index in [-0.39, 0.29) is 17.1 Å². The van der Waals surface area contributed by atoms with Gasteiger partial charge in [0.05, 0.1) is 18.1 Å². The Morgan fingerprint density at radius 2 is 1.61 bits per heavy atom. The summed E-state index contributed by atoms with van der Waals surface area (Å²) in [5, 5.41) is 11.0. The highest BCUT2D eigenvalue weighted by atomic mass is 19.1. The van der Waals surface area contributed by atoms with Crippen molar-refractivity contribution in [3.8, 4) is 0 Å². The standard InChI is InChI=1S/C7H6F2N2O.C7H8F2N2/c1-4(11-12)7-6(9)2-5(8)3-10-7;1-4(10)7-6(9)2-5(8)3-11-7/h2-3,12H,1H3;2-4H,10H2,1H3/b11-4+;. The second-order valence-corrected chi connectivity index (χ2v) is 4.48. The number of pyridine rings is 2. The highest BCUT2D eigenvalue weighted by Gasteiger charge is 2.09. The summed E-state index contributed by atoms with van der Waals surface area (Å²) in [6, 6.07) is 0.943. The maximum Gasteiger partial charge on any atom is 0.153 e. The number of nitrogens with two attached hydrogens (primary N) is 1. The van der Waals surface area contributed by atoms with Crippen molar-refractivity contribution in [3.05, 3.63) is 59.2 Å². The van der Waals surface area contributed by atoms with E-state index in [1.165, 1.54) is 6.92 Å². The molecule has 3 N–H and O–H groups in total. The summed E-state index contributed by atoms with van der Waals surface area (Å²) in [5.74, 6) is -2.99.